The lowest BCUT2D eigenvalue weighted by molar-refractivity contribution is 0.135. The molecule has 0 saturated carbocycles. The molecule has 0 spiro atoms. The van der Waals surface area contributed by atoms with Crippen molar-refractivity contribution in [3.8, 4) is 5.75 Å². The van der Waals surface area contributed by atoms with Gasteiger partial charge in [-0.2, -0.15) is 9.29 Å². The summed E-state index contributed by atoms with van der Waals surface area (Å²) in [6.45, 7) is 0.777. The van der Waals surface area contributed by atoms with Gasteiger partial charge in [-0.05, 0) is 79.6 Å². The Morgan fingerprint density at radius 2 is 1.49 bits per heavy atom. The molecule has 0 unspecified atom stereocenters. The predicted molar refractivity (Wildman–Crippen MR) is 138 cm³/mol. The number of pyridine rings is 1. The third-order valence-electron chi connectivity index (χ3n) is 5.87. The van der Waals surface area contributed by atoms with E-state index in [1.54, 1.807) is 73.2 Å². The first-order valence-corrected chi connectivity index (χ1v) is 13.2. The van der Waals surface area contributed by atoms with Crippen molar-refractivity contribution in [1.82, 2.24) is 19.3 Å². The molecule has 2 N–H and O–H groups in total. The van der Waals surface area contributed by atoms with E-state index in [1.165, 1.54) is 16.4 Å². The van der Waals surface area contributed by atoms with Gasteiger partial charge in [0.15, 0.2) is 0 Å². The highest BCUT2D eigenvalue weighted by Crippen LogP contribution is 2.25. The Morgan fingerprint density at radius 3 is 2.19 bits per heavy atom. The summed E-state index contributed by atoms with van der Waals surface area (Å²) in [6, 6.07) is 17.7. The van der Waals surface area contributed by atoms with Crippen LogP contribution < -0.4 is 15.4 Å². The summed E-state index contributed by atoms with van der Waals surface area (Å²) in [5, 5.41) is 6.16. The number of hydrogen-bond acceptors (Lipinski definition) is 8. The molecule has 3 heterocycles. The van der Waals surface area contributed by atoms with E-state index in [-0.39, 0.29) is 16.8 Å². The van der Waals surface area contributed by atoms with Crippen molar-refractivity contribution in [2.75, 3.05) is 23.7 Å². The molecular weight excluding hydrogens is 495 g/mol. The van der Waals surface area contributed by atoms with E-state index >= 15 is 0 Å². The van der Waals surface area contributed by atoms with E-state index in [2.05, 4.69) is 25.6 Å². The number of nitrogens with zero attached hydrogens (tertiary/aromatic N) is 4. The van der Waals surface area contributed by atoms with Gasteiger partial charge in [0.1, 0.15) is 23.5 Å². The fraction of sp³-hybridized carbons (Fsp3) is 0.192. The van der Waals surface area contributed by atoms with Crippen LogP contribution in [0.3, 0.4) is 0 Å². The minimum absolute atomic E-state index is 0.0336. The first-order valence-electron chi connectivity index (χ1n) is 11.8. The van der Waals surface area contributed by atoms with Crippen molar-refractivity contribution in [3.05, 3.63) is 91.1 Å². The number of halogens is 1. The van der Waals surface area contributed by atoms with Crippen molar-refractivity contribution in [1.29, 1.82) is 0 Å². The number of piperidine rings is 1. The summed E-state index contributed by atoms with van der Waals surface area (Å²) in [4.78, 5) is 12.8. The van der Waals surface area contributed by atoms with Crippen molar-refractivity contribution >= 4 is 33.2 Å². The van der Waals surface area contributed by atoms with Gasteiger partial charge in [-0.3, -0.25) is 4.98 Å². The lowest BCUT2D eigenvalue weighted by Crippen LogP contribution is -2.41. The van der Waals surface area contributed by atoms with Gasteiger partial charge in [0.25, 0.3) is 0 Å². The Bertz CT molecular complexity index is 1430. The minimum atomic E-state index is -3.62. The third kappa shape index (κ3) is 6.19. The number of ether oxygens (including phenoxy) is 1. The quantitative estimate of drug-likeness (QED) is 0.343. The molecule has 11 heteroatoms. The Labute approximate surface area is 214 Å². The first kappa shape index (κ1) is 24.6. The second-order valence-electron chi connectivity index (χ2n) is 8.45. The molecule has 2 aromatic heterocycles. The number of benzene rings is 2. The number of aromatic nitrogens is 3. The van der Waals surface area contributed by atoms with Crippen molar-refractivity contribution in [2.24, 2.45) is 0 Å². The molecule has 0 amide bonds. The zero-order valence-corrected chi connectivity index (χ0v) is 20.6. The highest BCUT2D eigenvalue weighted by molar-refractivity contribution is 7.89. The number of anilines is 4. The van der Waals surface area contributed by atoms with Gasteiger partial charge < -0.3 is 15.4 Å². The van der Waals surface area contributed by atoms with Gasteiger partial charge >= 0.3 is 0 Å². The van der Waals surface area contributed by atoms with Crippen LogP contribution in [0.5, 0.6) is 5.75 Å². The standard InChI is InChI=1S/C26H25FN6O3S/c27-19-1-3-20(4-2-19)30-25-11-16-29-26(32-25)31-21-5-7-24(8-6-21)37(34,35)33-17-12-23(13-18-33)36-22-9-14-28-15-10-22/h1-11,14-16,23H,12-13,17-18H2,(H2,29,30,31,32). The van der Waals surface area contributed by atoms with Crippen LogP contribution >= 0.6 is 0 Å². The van der Waals surface area contributed by atoms with Crippen LogP contribution in [-0.2, 0) is 10.0 Å². The van der Waals surface area contributed by atoms with Crippen molar-refractivity contribution in [3.63, 3.8) is 0 Å². The molecule has 4 aromatic rings. The van der Waals surface area contributed by atoms with E-state index in [0.29, 0.717) is 49.1 Å². The molecule has 37 heavy (non-hydrogen) atoms. The Kier molecular flexibility index (Phi) is 7.24. The molecule has 5 rings (SSSR count). The summed E-state index contributed by atoms with van der Waals surface area (Å²) >= 11 is 0. The normalized spacial score (nSPS) is 14.7. The van der Waals surface area contributed by atoms with E-state index < -0.39 is 10.0 Å². The maximum atomic E-state index is 13.2. The Balaban J connectivity index is 1.19. The molecule has 1 fully saturated rings. The Morgan fingerprint density at radius 1 is 0.838 bits per heavy atom. The number of rotatable bonds is 8. The molecule has 1 aliphatic rings. The van der Waals surface area contributed by atoms with Gasteiger partial charge in [0.05, 0.1) is 4.90 Å². The lowest BCUT2D eigenvalue weighted by Gasteiger charge is -2.31. The highest BCUT2D eigenvalue weighted by Gasteiger charge is 2.30. The van der Waals surface area contributed by atoms with Gasteiger partial charge in [-0.15, -0.1) is 0 Å². The first-order chi connectivity index (χ1) is 18.0. The fourth-order valence-electron chi connectivity index (χ4n) is 3.96. The summed E-state index contributed by atoms with van der Waals surface area (Å²) < 4.78 is 46.9. The molecule has 2 aromatic carbocycles. The van der Waals surface area contributed by atoms with E-state index in [9.17, 15) is 12.8 Å². The summed E-state index contributed by atoms with van der Waals surface area (Å²) in [5.41, 5.74) is 1.33. The molecule has 190 valence electrons. The van der Waals surface area contributed by atoms with Gasteiger partial charge in [0, 0.05) is 43.1 Å². The summed E-state index contributed by atoms with van der Waals surface area (Å²) in [7, 11) is -3.62. The summed E-state index contributed by atoms with van der Waals surface area (Å²) in [5.74, 6) is 1.28. The van der Waals surface area contributed by atoms with Crippen LogP contribution in [0.25, 0.3) is 0 Å². The molecule has 9 nitrogen and oxygen atoms in total. The number of hydrogen-bond donors (Lipinski definition) is 2. The number of sulfonamides is 1. The van der Waals surface area contributed by atoms with Gasteiger partial charge in [-0.25, -0.2) is 17.8 Å². The Hall–Kier alpha value is -4.09. The van der Waals surface area contributed by atoms with Crippen LogP contribution in [0.15, 0.2) is 90.2 Å². The zero-order valence-electron chi connectivity index (χ0n) is 19.8. The molecule has 1 aliphatic heterocycles. The van der Waals surface area contributed by atoms with Crippen LogP contribution in [-0.4, -0.2) is 46.9 Å². The highest BCUT2D eigenvalue weighted by atomic mass is 32.2. The average molecular weight is 521 g/mol. The SMILES string of the molecule is O=S(=O)(c1ccc(Nc2nccc(Nc3ccc(F)cc3)n2)cc1)N1CCC(Oc2ccncc2)CC1. The smallest absolute Gasteiger partial charge is 0.243 e. The molecule has 0 radical (unpaired) electrons. The monoisotopic (exact) mass is 520 g/mol. The molecule has 0 bridgehead atoms. The largest absolute Gasteiger partial charge is 0.490 e. The lowest BCUT2D eigenvalue weighted by atomic mass is 10.1. The predicted octanol–water partition coefficient (Wildman–Crippen LogP) is 4.73. The fourth-order valence-corrected chi connectivity index (χ4v) is 5.43. The van der Waals surface area contributed by atoms with Crippen LogP contribution in [0.1, 0.15) is 12.8 Å². The molecule has 0 aliphatic carbocycles. The maximum Gasteiger partial charge on any atom is 0.243 e. The number of nitrogens with one attached hydrogen (secondary N) is 2. The van der Waals surface area contributed by atoms with Crippen LogP contribution in [0, 0.1) is 5.82 Å². The average Bonchev–Trinajstić information content (AvgIpc) is 2.91. The van der Waals surface area contributed by atoms with Gasteiger partial charge in [0.2, 0.25) is 16.0 Å². The van der Waals surface area contributed by atoms with Crippen molar-refractivity contribution in [2.45, 2.75) is 23.8 Å². The third-order valence-corrected chi connectivity index (χ3v) is 7.79. The minimum Gasteiger partial charge on any atom is -0.490 e. The van der Waals surface area contributed by atoms with E-state index in [1.807, 2.05) is 0 Å². The van der Waals surface area contributed by atoms with Crippen LogP contribution in [0.4, 0.5) is 27.5 Å². The summed E-state index contributed by atoms with van der Waals surface area (Å²) in [6.07, 6.45) is 6.11. The second kappa shape index (κ2) is 10.9. The maximum absolute atomic E-state index is 13.2. The second-order valence-corrected chi connectivity index (χ2v) is 10.4. The zero-order chi connectivity index (χ0) is 25.7. The van der Waals surface area contributed by atoms with E-state index in [0.717, 1.165) is 5.75 Å². The molecule has 1 saturated heterocycles. The van der Waals surface area contributed by atoms with Crippen molar-refractivity contribution < 1.29 is 17.5 Å². The molecule has 0 atom stereocenters. The van der Waals surface area contributed by atoms with E-state index in [4.69, 9.17) is 4.74 Å². The molecular formula is C26H25FN6O3S. The van der Waals surface area contributed by atoms with Gasteiger partial charge in [-0.1, -0.05) is 0 Å². The van der Waals surface area contributed by atoms with Crippen LogP contribution in [0.2, 0.25) is 0 Å². The topological polar surface area (TPSA) is 109 Å².